The third-order valence-electron chi connectivity index (χ3n) is 5.21. The first-order valence-corrected chi connectivity index (χ1v) is 9.60. The molecule has 0 saturated carbocycles. The van der Waals surface area contributed by atoms with Gasteiger partial charge in [0.05, 0.1) is 36.5 Å². The summed E-state index contributed by atoms with van der Waals surface area (Å²) in [5.41, 5.74) is 0.212. The number of furan rings is 1. The molecule has 0 bridgehead atoms. The highest BCUT2D eigenvalue weighted by atomic mass is 16.6. The Balaban J connectivity index is 1.87. The molecule has 162 valence electrons. The van der Waals surface area contributed by atoms with Crippen LogP contribution in [0.2, 0.25) is 0 Å². The van der Waals surface area contributed by atoms with Gasteiger partial charge >= 0.3 is 0 Å². The molecule has 1 aromatic heterocycles. The van der Waals surface area contributed by atoms with Gasteiger partial charge in [0.25, 0.3) is 17.4 Å². The second-order valence-corrected chi connectivity index (χ2v) is 7.09. The maximum absolute atomic E-state index is 13.0. The normalized spacial score (nSPS) is 17.5. The van der Waals surface area contributed by atoms with E-state index in [1.807, 2.05) is 0 Å². The molecule has 1 aliphatic heterocycles. The summed E-state index contributed by atoms with van der Waals surface area (Å²) < 4.78 is 10.5. The second kappa shape index (κ2) is 8.38. The van der Waals surface area contributed by atoms with Crippen molar-refractivity contribution in [1.82, 2.24) is 4.90 Å². The highest BCUT2D eigenvalue weighted by Gasteiger charge is 2.46. The number of ether oxygens (including phenoxy) is 1. The van der Waals surface area contributed by atoms with E-state index in [-0.39, 0.29) is 23.4 Å². The Hall–Kier alpha value is -4.40. The van der Waals surface area contributed by atoms with E-state index in [0.29, 0.717) is 17.1 Å². The molecule has 0 radical (unpaired) electrons. The Labute approximate surface area is 182 Å². The standard InChI is InChI=1S/C23H18N2O7/c1-31-17-9-7-14(8-10-17)20-19(21(26)15-4-2-5-16(12-15)25(29)30)22(27)23(28)24(20)13-18-6-3-11-32-18/h2-12,20,26H,13H2,1H3/t20-/m0/s1. The average Bonchev–Trinajstić information content (AvgIpc) is 3.41. The van der Waals surface area contributed by atoms with E-state index in [4.69, 9.17) is 9.15 Å². The summed E-state index contributed by atoms with van der Waals surface area (Å²) in [5, 5.41) is 22.1. The fourth-order valence-corrected chi connectivity index (χ4v) is 3.67. The SMILES string of the molecule is COc1ccc([C@H]2C(=C(O)c3cccc([N+](=O)[O-])c3)C(=O)C(=O)N2Cc2ccco2)cc1. The number of nitro benzene ring substituents is 1. The van der Waals surface area contributed by atoms with Crippen LogP contribution in [0.15, 0.2) is 76.9 Å². The number of amides is 1. The minimum absolute atomic E-state index is 0.0000132. The third-order valence-corrected chi connectivity index (χ3v) is 5.21. The number of benzene rings is 2. The molecule has 1 fully saturated rings. The Morgan fingerprint density at radius 2 is 1.91 bits per heavy atom. The van der Waals surface area contributed by atoms with Crippen LogP contribution in [-0.2, 0) is 16.1 Å². The number of aliphatic hydroxyl groups is 1. The van der Waals surface area contributed by atoms with Gasteiger partial charge in [0.2, 0.25) is 0 Å². The monoisotopic (exact) mass is 434 g/mol. The number of carbonyl (C=O) groups is 2. The molecular weight excluding hydrogens is 416 g/mol. The van der Waals surface area contributed by atoms with E-state index in [2.05, 4.69) is 0 Å². The van der Waals surface area contributed by atoms with E-state index in [1.54, 1.807) is 36.4 Å². The Morgan fingerprint density at radius 3 is 2.53 bits per heavy atom. The van der Waals surface area contributed by atoms with Crippen molar-refractivity contribution in [3.63, 3.8) is 0 Å². The molecular formula is C23H18N2O7. The van der Waals surface area contributed by atoms with Gasteiger partial charge in [0.15, 0.2) is 0 Å². The van der Waals surface area contributed by atoms with Crippen LogP contribution in [0.3, 0.4) is 0 Å². The quantitative estimate of drug-likeness (QED) is 0.206. The lowest BCUT2D eigenvalue weighted by atomic mass is 9.95. The van der Waals surface area contributed by atoms with Gasteiger partial charge in [-0.2, -0.15) is 0 Å². The second-order valence-electron chi connectivity index (χ2n) is 7.09. The molecule has 9 heteroatoms. The number of rotatable bonds is 6. The number of Topliss-reactive ketones (excluding diaryl/α,β-unsaturated/α-hetero) is 1. The highest BCUT2D eigenvalue weighted by molar-refractivity contribution is 6.46. The van der Waals surface area contributed by atoms with Gasteiger partial charge in [-0.25, -0.2) is 0 Å². The summed E-state index contributed by atoms with van der Waals surface area (Å²) in [4.78, 5) is 37.7. The Bertz CT molecular complexity index is 1210. The molecule has 1 atom stereocenters. The number of nitrogens with zero attached hydrogens (tertiary/aromatic N) is 2. The predicted octanol–water partition coefficient (Wildman–Crippen LogP) is 3.82. The molecule has 0 aliphatic carbocycles. The van der Waals surface area contributed by atoms with Crippen molar-refractivity contribution in [1.29, 1.82) is 0 Å². The van der Waals surface area contributed by atoms with Crippen molar-refractivity contribution in [2.45, 2.75) is 12.6 Å². The van der Waals surface area contributed by atoms with Gasteiger partial charge in [0.1, 0.15) is 17.3 Å². The minimum atomic E-state index is -0.926. The summed E-state index contributed by atoms with van der Waals surface area (Å²) in [6.45, 7) is -0.0000132. The van der Waals surface area contributed by atoms with Gasteiger partial charge in [-0.3, -0.25) is 19.7 Å². The Morgan fingerprint density at radius 1 is 1.16 bits per heavy atom. The van der Waals surface area contributed by atoms with Crippen molar-refractivity contribution in [3.05, 3.63) is 99.5 Å². The average molecular weight is 434 g/mol. The van der Waals surface area contributed by atoms with E-state index < -0.39 is 28.4 Å². The minimum Gasteiger partial charge on any atom is -0.507 e. The van der Waals surface area contributed by atoms with E-state index in [9.17, 15) is 24.8 Å². The van der Waals surface area contributed by atoms with Crippen molar-refractivity contribution >= 4 is 23.1 Å². The van der Waals surface area contributed by atoms with Crippen LogP contribution in [0.4, 0.5) is 5.69 Å². The molecule has 0 spiro atoms. The zero-order valence-electron chi connectivity index (χ0n) is 16.9. The summed E-state index contributed by atoms with van der Waals surface area (Å²) >= 11 is 0. The van der Waals surface area contributed by atoms with Gasteiger partial charge in [-0.05, 0) is 29.8 Å². The molecule has 32 heavy (non-hydrogen) atoms. The number of hydrogen-bond acceptors (Lipinski definition) is 7. The molecule has 3 aromatic rings. The van der Waals surface area contributed by atoms with Gasteiger partial charge in [0, 0.05) is 17.7 Å². The first-order chi connectivity index (χ1) is 15.4. The van der Waals surface area contributed by atoms with Crippen molar-refractivity contribution in [2.75, 3.05) is 7.11 Å². The van der Waals surface area contributed by atoms with Gasteiger partial charge < -0.3 is 19.2 Å². The maximum Gasteiger partial charge on any atom is 0.296 e. The molecule has 1 amide bonds. The third kappa shape index (κ3) is 3.71. The fourth-order valence-electron chi connectivity index (χ4n) is 3.67. The number of likely N-dealkylation sites (tertiary alicyclic amines) is 1. The van der Waals surface area contributed by atoms with Crippen LogP contribution in [-0.4, -0.2) is 33.7 Å². The van der Waals surface area contributed by atoms with Crippen LogP contribution in [0.5, 0.6) is 5.75 Å². The molecule has 9 nitrogen and oxygen atoms in total. The van der Waals surface area contributed by atoms with E-state index >= 15 is 0 Å². The number of hydrogen-bond donors (Lipinski definition) is 1. The summed E-state index contributed by atoms with van der Waals surface area (Å²) in [6.07, 6.45) is 1.46. The predicted molar refractivity (Wildman–Crippen MR) is 113 cm³/mol. The number of non-ortho nitro benzene ring substituents is 1. The molecule has 0 unspecified atom stereocenters. The lowest BCUT2D eigenvalue weighted by molar-refractivity contribution is -0.384. The van der Waals surface area contributed by atoms with Crippen molar-refractivity contribution < 1.29 is 28.8 Å². The number of aliphatic hydroxyl groups excluding tert-OH is 1. The fraction of sp³-hybridized carbons (Fsp3) is 0.130. The van der Waals surface area contributed by atoms with E-state index in [0.717, 1.165) is 6.07 Å². The van der Waals surface area contributed by atoms with Crippen molar-refractivity contribution in [3.8, 4) is 5.75 Å². The lowest BCUT2D eigenvalue weighted by Crippen LogP contribution is -2.29. The van der Waals surface area contributed by atoms with Gasteiger partial charge in [-0.1, -0.05) is 24.3 Å². The van der Waals surface area contributed by atoms with Crippen molar-refractivity contribution in [2.24, 2.45) is 0 Å². The lowest BCUT2D eigenvalue weighted by Gasteiger charge is -2.24. The smallest absolute Gasteiger partial charge is 0.296 e. The number of ketones is 1. The molecule has 4 rings (SSSR count). The van der Waals surface area contributed by atoms with Crippen LogP contribution in [0.25, 0.3) is 5.76 Å². The topological polar surface area (TPSA) is 123 Å². The van der Waals surface area contributed by atoms with Crippen LogP contribution in [0, 0.1) is 10.1 Å². The largest absolute Gasteiger partial charge is 0.507 e. The van der Waals surface area contributed by atoms with Crippen LogP contribution in [0.1, 0.15) is 22.9 Å². The van der Waals surface area contributed by atoms with Gasteiger partial charge in [-0.15, -0.1) is 0 Å². The zero-order chi connectivity index (χ0) is 22.8. The molecule has 2 aromatic carbocycles. The first kappa shape index (κ1) is 20.9. The number of nitro groups is 1. The number of methoxy groups -OCH3 is 1. The van der Waals surface area contributed by atoms with Crippen LogP contribution >= 0.6 is 0 Å². The summed E-state index contributed by atoms with van der Waals surface area (Å²) in [7, 11) is 1.51. The molecule has 2 heterocycles. The maximum atomic E-state index is 13.0. The highest BCUT2D eigenvalue weighted by Crippen LogP contribution is 2.41. The number of carbonyl (C=O) groups excluding carboxylic acids is 2. The molecule has 1 aliphatic rings. The summed E-state index contributed by atoms with van der Waals surface area (Å²) in [5.74, 6) is -1.15. The zero-order valence-corrected chi connectivity index (χ0v) is 16.9. The molecule has 1 N–H and O–H groups in total. The summed E-state index contributed by atoms with van der Waals surface area (Å²) in [6, 6.07) is 14.4. The Kier molecular flexibility index (Phi) is 5.46. The van der Waals surface area contributed by atoms with Crippen LogP contribution < -0.4 is 4.74 Å². The van der Waals surface area contributed by atoms with E-state index in [1.165, 1.54) is 36.5 Å². The first-order valence-electron chi connectivity index (χ1n) is 9.60. The molecule has 1 saturated heterocycles.